The van der Waals surface area contributed by atoms with Crippen LogP contribution in [0.3, 0.4) is 0 Å². The van der Waals surface area contributed by atoms with E-state index in [1.807, 2.05) is 0 Å². The molecule has 0 unspecified atom stereocenters. The van der Waals surface area contributed by atoms with Crippen molar-refractivity contribution >= 4 is 21.4 Å². The Morgan fingerprint density at radius 1 is 1.32 bits per heavy atom. The molecule has 0 amide bonds. The summed E-state index contributed by atoms with van der Waals surface area (Å²) in [7, 11) is -3.37. The van der Waals surface area contributed by atoms with E-state index >= 15 is 0 Å². The quantitative estimate of drug-likeness (QED) is 0.512. The molecule has 31 heavy (non-hydrogen) atoms. The molecule has 0 atom stereocenters. The van der Waals surface area contributed by atoms with Gasteiger partial charge >= 0.3 is 0 Å². The zero-order chi connectivity index (χ0) is 22.6. The van der Waals surface area contributed by atoms with Gasteiger partial charge in [-0.05, 0) is 37.5 Å². The van der Waals surface area contributed by atoms with Crippen LogP contribution in [0.15, 0.2) is 22.7 Å². The molecule has 0 saturated heterocycles. The monoisotopic (exact) mass is 474 g/mol. The maximum atomic E-state index is 13.6. The fourth-order valence-corrected chi connectivity index (χ4v) is 4.45. The van der Waals surface area contributed by atoms with Crippen molar-refractivity contribution in [1.29, 1.82) is 0 Å². The molecular formula is C19H18ClF3N4O3S. The third-order valence-electron chi connectivity index (χ3n) is 5.37. The lowest BCUT2D eigenvalue weighted by Gasteiger charge is -2.12. The van der Waals surface area contributed by atoms with Gasteiger partial charge in [0.15, 0.2) is 11.5 Å². The van der Waals surface area contributed by atoms with Crippen LogP contribution in [-0.4, -0.2) is 40.3 Å². The maximum Gasteiger partial charge on any atom is 0.280 e. The van der Waals surface area contributed by atoms with Crippen LogP contribution < -0.4 is 0 Å². The second-order valence-corrected chi connectivity index (χ2v) is 10.3. The number of benzene rings is 1. The van der Waals surface area contributed by atoms with Gasteiger partial charge in [0, 0.05) is 16.8 Å². The minimum atomic E-state index is -3.37. The van der Waals surface area contributed by atoms with Crippen LogP contribution in [0.1, 0.15) is 41.9 Å². The number of hydrogen-bond donors (Lipinski definition) is 0. The van der Waals surface area contributed by atoms with Crippen molar-refractivity contribution < 1.29 is 26.1 Å². The van der Waals surface area contributed by atoms with Gasteiger partial charge in [0.05, 0.1) is 17.7 Å². The molecule has 166 valence electrons. The first-order chi connectivity index (χ1) is 14.5. The van der Waals surface area contributed by atoms with Gasteiger partial charge in [-0.25, -0.2) is 21.6 Å². The topological polar surface area (TPSA) is 90.9 Å². The summed E-state index contributed by atoms with van der Waals surface area (Å²) >= 11 is 6.21. The molecule has 0 N–H and O–H groups in total. The fourth-order valence-electron chi connectivity index (χ4n) is 3.60. The molecule has 1 aliphatic rings. The zero-order valence-electron chi connectivity index (χ0n) is 16.6. The van der Waals surface area contributed by atoms with E-state index in [1.165, 1.54) is 19.1 Å². The molecule has 0 spiro atoms. The molecule has 0 radical (unpaired) electrons. The average Bonchev–Trinajstić information content (AvgIpc) is 3.17. The number of alkyl halides is 2. The van der Waals surface area contributed by atoms with Gasteiger partial charge in [0.1, 0.15) is 21.3 Å². The van der Waals surface area contributed by atoms with Crippen LogP contribution in [0, 0.1) is 12.7 Å². The highest BCUT2D eigenvalue weighted by atomic mass is 35.5. The summed E-state index contributed by atoms with van der Waals surface area (Å²) in [6.07, 6.45) is -0.509. The Morgan fingerprint density at radius 2 is 2.03 bits per heavy atom. The third-order valence-corrected chi connectivity index (χ3v) is 6.61. The Balaban J connectivity index is 1.71. The van der Waals surface area contributed by atoms with E-state index < -0.39 is 33.2 Å². The fraction of sp³-hybridized carbons (Fsp3) is 0.421. The minimum absolute atomic E-state index is 0.0583. The second kappa shape index (κ2) is 7.63. The number of halogens is 4. The van der Waals surface area contributed by atoms with Crippen molar-refractivity contribution in [3.8, 4) is 11.6 Å². The highest BCUT2D eigenvalue weighted by Crippen LogP contribution is 2.54. The summed E-state index contributed by atoms with van der Waals surface area (Å²) in [5, 5.41) is 8.37. The molecule has 0 bridgehead atoms. The molecule has 2 heterocycles. The largest absolute Gasteiger partial charge is 0.332 e. The molecule has 7 nitrogen and oxygen atoms in total. The van der Waals surface area contributed by atoms with Crippen molar-refractivity contribution in [3.63, 3.8) is 0 Å². The first-order valence-electron chi connectivity index (χ1n) is 9.35. The highest BCUT2D eigenvalue weighted by molar-refractivity contribution is 7.90. The lowest BCUT2D eigenvalue weighted by molar-refractivity contribution is 0.138. The van der Waals surface area contributed by atoms with E-state index in [2.05, 4.69) is 15.2 Å². The van der Waals surface area contributed by atoms with Gasteiger partial charge in [-0.15, -0.1) is 0 Å². The molecule has 1 aliphatic carbocycles. The Hall–Kier alpha value is -2.40. The summed E-state index contributed by atoms with van der Waals surface area (Å²) in [4.78, 5) is 4.37. The number of nitrogens with zero attached hydrogens (tertiary/aromatic N) is 4. The molecule has 0 aliphatic heterocycles. The summed E-state index contributed by atoms with van der Waals surface area (Å²) in [5.74, 6) is -0.556. The summed E-state index contributed by atoms with van der Waals surface area (Å²) in [5.41, 5.74) is -0.190. The first-order valence-corrected chi connectivity index (χ1v) is 11.8. The van der Waals surface area contributed by atoms with Crippen LogP contribution in [0.2, 0.25) is 5.02 Å². The SMILES string of the molecule is Cc1c(-c2nc(C3(c4ccc(F)cc4Cl)CC3)no2)nn(CCS(C)(=O)=O)c1C(F)F. The van der Waals surface area contributed by atoms with Crippen molar-refractivity contribution in [2.24, 2.45) is 0 Å². The Kier molecular flexibility index (Phi) is 5.37. The van der Waals surface area contributed by atoms with Gasteiger partial charge in [0.2, 0.25) is 0 Å². The molecule has 1 aromatic carbocycles. The predicted molar refractivity (Wildman–Crippen MR) is 106 cm³/mol. The Labute approximate surface area is 181 Å². The number of rotatable bonds is 7. The van der Waals surface area contributed by atoms with Crippen LogP contribution in [0.4, 0.5) is 13.2 Å². The van der Waals surface area contributed by atoms with Crippen LogP contribution in [-0.2, 0) is 21.8 Å². The van der Waals surface area contributed by atoms with Crippen molar-refractivity contribution in [1.82, 2.24) is 19.9 Å². The van der Waals surface area contributed by atoms with E-state index in [1.54, 1.807) is 6.07 Å². The summed E-state index contributed by atoms with van der Waals surface area (Å²) in [6, 6.07) is 4.08. The maximum absolute atomic E-state index is 13.6. The lowest BCUT2D eigenvalue weighted by Crippen LogP contribution is -2.14. The van der Waals surface area contributed by atoms with Crippen LogP contribution in [0.5, 0.6) is 0 Å². The van der Waals surface area contributed by atoms with Gasteiger partial charge < -0.3 is 4.52 Å². The van der Waals surface area contributed by atoms with Crippen molar-refractivity contribution in [3.05, 3.63) is 51.7 Å². The van der Waals surface area contributed by atoms with E-state index in [-0.39, 0.29) is 34.5 Å². The molecule has 1 saturated carbocycles. The van der Waals surface area contributed by atoms with Crippen molar-refractivity contribution in [2.45, 2.75) is 38.2 Å². The van der Waals surface area contributed by atoms with Crippen LogP contribution >= 0.6 is 11.6 Å². The minimum Gasteiger partial charge on any atom is -0.332 e. The smallest absolute Gasteiger partial charge is 0.280 e. The van der Waals surface area contributed by atoms with Gasteiger partial charge in [-0.3, -0.25) is 4.68 Å². The number of aromatic nitrogens is 4. The van der Waals surface area contributed by atoms with Crippen molar-refractivity contribution in [2.75, 3.05) is 12.0 Å². The first kappa shape index (κ1) is 21.8. The average molecular weight is 475 g/mol. The van der Waals surface area contributed by atoms with Gasteiger partial charge in [-0.2, -0.15) is 10.1 Å². The summed E-state index contributed by atoms with van der Waals surface area (Å²) in [6.45, 7) is 1.21. The molecule has 4 rings (SSSR count). The zero-order valence-corrected chi connectivity index (χ0v) is 18.1. The molecule has 3 aromatic rings. The van der Waals surface area contributed by atoms with E-state index in [9.17, 15) is 21.6 Å². The number of hydrogen-bond acceptors (Lipinski definition) is 6. The molecular weight excluding hydrogens is 457 g/mol. The van der Waals surface area contributed by atoms with Gasteiger partial charge in [-0.1, -0.05) is 22.8 Å². The lowest BCUT2D eigenvalue weighted by atomic mass is 9.95. The Bertz CT molecular complexity index is 1250. The van der Waals surface area contributed by atoms with Crippen LogP contribution in [0.25, 0.3) is 11.6 Å². The number of sulfone groups is 1. The standard InChI is InChI=1S/C19H18ClF3N4O3S/c1-10-14(25-27(15(10)16(22)23)7-8-31(2,28)29)17-24-18(26-30-17)19(5-6-19)12-4-3-11(21)9-13(12)20/h3-4,9,16H,5-8H2,1-2H3. The Morgan fingerprint density at radius 3 is 2.61 bits per heavy atom. The molecule has 12 heteroatoms. The second-order valence-electron chi connectivity index (χ2n) is 7.64. The molecule has 1 fully saturated rings. The summed E-state index contributed by atoms with van der Waals surface area (Å²) < 4.78 is 69.8. The number of aryl methyl sites for hydroxylation is 1. The van der Waals surface area contributed by atoms with Gasteiger partial charge in [0.25, 0.3) is 12.3 Å². The van der Waals surface area contributed by atoms with E-state index in [4.69, 9.17) is 16.1 Å². The molecule has 2 aromatic heterocycles. The normalized spacial score (nSPS) is 15.6. The highest BCUT2D eigenvalue weighted by Gasteiger charge is 2.51. The van der Waals surface area contributed by atoms with E-state index in [0.29, 0.717) is 24.2 Å². The third kappa shape index (κ3) is 4.08. The predicted octanol–water partition coefficient (Wildman–Crippen LogP) is 4.10. The van der Waals surface area contributed by atoms with E-state index in [0.717, 1.165) is 10.9 Å².